The number of hydrogen-bond acceptors (Lipinski definition) is 5. The Balaban J connectivity index is 1.78. The fourth-order valence-corrected chi connectivity index (χ4v) is 3.68. The Kier molecular flexibility index (Phi) is 6.73. The maximum Gasteiger partial charge on any atom is 0.337 e. The predicted molar refractivity (Wildman–Crippen MR) is 122 cm³/mol. The van der Waals surface area contributed by atoms with Gasteiger partial charge in [0.05, 0.1) is 19.2 Å². The zero-order valence-corrected chi connectivity index (χ0v) is 18.6. The first-order valence-corrected chi connectivity index (χ1v) is 10.5. The number of esters is 1. The molecule has 6 nitrogen and oxygen atoms in total. The summed E-state index contributed by atoms with van der Waals surface area (Å²) in [6.45, 7) is 0.357. The van der Waals surface area contributed by atoms with Crippen LogP contribution in [0.4, 0.5) is 0 Å². The topological polar surface area (TPSA) is 66.2 Å². The van der Waals surface area contributed by atoms with E-state index in [4.69, 9.17) is 32.7 Å². The van der Waals surface area contributed by atoms with Gasteiger partial charge in [0.25, 0.3) is 0 Å². The van der Waals surface area contributed by atoms with E-state index in [2.05, 4.69) is 10.1 Å². The number of benzene rings is 3. The number of rotatable bonds is 7. The molecule has 0 N–H and O–H groups in total. The third-order valence-electron chi connectivity index (χ3n) is 4.89. The van der Waals surface area contributed by atoms with Gasteiger partial charge in [0.15, 0.2) is 6.10 Å². The quantitative estimate of drug-likeness (QED) is 0.331. The molecule has 1 aromatic heterocycles. The number of halogens is 2. The van der Waals surface area contributed by atoms with E-state index in [0.29, 0.717) is 27.9 Å². The molecule has 32 heavy (non-hydrogen) atoms. The average Bonchev–Trinajstić information content (AvgIpc) is 3.32. The summed E-state index contributed by atoms with van der Waals surface area (Å²) < 4.78 is 13.0. The summed E-state index contributed by atoms with van der Waals surface area (Å²) in [6, 6.07) is 20.1. The Morgan fingerprint density at radius 2 is 1.84 bits per heavy atom. The lowest BCUT2D eigenvalue weighted by molar-refractivity contribution is 0.0600. The van der Waals surface area contributed by atoms with E-state index in [-0.39, 0.29) is 0 Å². The molecule has 4 aromatic rings. The van der Waals surface area contributed by atoms with E-state index in [0.717, 1.165) is 16.7 Å². The molecule has 0 bridgehead atoms. The van der Waals surface area contributed by atoms with Crippen molar-refractivity contribution in [2.45, 2.75) is 12.6 Å². The van der Waals surface area contributed by atoms with Crippen LogP contribution in [0.5, 0.6) is 5.75 Å². The number of carbonyl (C=O) groups excluding carboxylic acids is 1. The van der Waals surface area contributed by atoms with Crippen LogP contribution in [0, 0.1) is 0 Å². The lowest BCUT2D eigenvalue weighted by Gasteiger charge is -2.23. The summed E-state index contributed by atoms with van der Waals surface area (Å²) in [5.41, 5.74) is 2.84. The van der Waals surface area contributed by atoms with Crippen molar-refractivity contribution in [2.75, 3.05) is 7.11 Å². The van der Waals surface area contributed by atoms with Crippen LogP contribution < -0.4 is 4.74 Å². The van der Waals surface area contributed by atoms with Crippen molar-refractivity contribution >= 4 is 29.2 Å². The molecule has 162 valence electrons. The van der Waals surface area contributed by atoms with Gasteiger partial charge >= 0.3 is 5.97 Å². The molecular formula is C24H19Cl2N3O3. The molecule has 8 heteroatoms. The minimum Gasteiger partial charge on any atom is -0.481 e. The fourth-order valence-electron chi connectivity index (χ4n) is 3.32. The summed E-state index contributed by atoms with van der Waals surface area (Å²) >= 11 is 12.6. The maximum absolute atomic E-state index is 12.1. The maximum atomic E-state index is 12.1. The van der Waals surface area contributed by atoms with E-state index < -0.39 is 12.1 Å². The van der Waals surface area contributed by atoms with Gasteiger partial charge in [-0.15, -0.1) is 0 Å². The zero-order valence-electron chi connectivity index (χ0n) is 17.1. The number of methoxy groups -OCH3 is 1. The molecule has 0 fully saturated rings. The standard InChI is InChI=1S/C24H19Cl2N3O3/c1-31-24(30)17-8-11-22(18(12-17)13-29-15-27-14-28-29)32-23(16-6-9-19(25)10-7-16)20-4-2-3-5-21(20)26/h2-12,14-15,23H,13H2,1H3. The van der Waals surface area contributed by atoms with Crippen LogP contribution in [-0.2, 0) is 11.3 Å². The minimum absolute atomic E-state index is 0.357. The van der Waals surface area contributed by atoms with E-state index in [1.54, 1.807) is 41.3 Å². The molecule has 0 amide bonds. The summed E-state index contributed by atoms with van der Waals surface area (Å²) in [4.78, 5) is 16.1. The summed E-state index contributed by atoms with van der Waals surface area (Å²) in [7, 11) is 1.35. The molecule has 0 aliphatic rings. The lowest BCUT2D eigenvalue weighted by Crippen LogP contribution is -2.13. The van der Waals surface area contributed by atoms with Gasteiger partial charge in [-0.3, -0.25) is 0 Å². The number of carbonyl (C=O) groups is 1. The number of hydrogen-bond donors (Lipinski definition) is 0. The largest absolute Gasteiger partial charge is 0.481 e. The molecule has 1 unspecified atom stereocenters. The smallest absolute Gasteiger partial charge is 0.337 e. The molecule has 0 spiro atoms. The molecule has 1 heterocycles. The van der Waals surface area contributed by atoms with Crippen LogP contribution in [0.1, 0.15) is 33.2 Å². The molecule has 0 aliphatic heterocycles. The van der Waals surface area contributed by atoms with E-state index >= 15 is 0 Å². The van der Waals surface area contributed by atoms with Crippen LogP contribution in [0.15, 0.2) is 79.4 Å². The Morgan fingerprint density at radius 1 is 1.06 bits per heavy atom. The van der Waals surface area contributed by atoms with E-state index in [1.165, 1.54) is 13.4 Å². The minimum atomic E-state index is -0.501. The second-order valence-electron chi connectivity index (χ2n) is 6.98. The number of aromatic nitrogens is 3. The van der Waals surface area contributed by atoms with E-state index in [9.17, 15) is 4.79 Å². The molecule has 0 radical (unpaired) electrons. The predicted octanol–water partition coefficient (Wildman–Crippen LogP) is 5.59. The zero-order chi connectivity index (χ0) is 22.5. The van der Waals surface area contributed by atoms with Crippen molar-refractivity contribution in [2.24, 2.45) is 0 Å². The second kappa shape index (κ2) is 9.85. The molecule has 0 saturated heterocycles. The average molecular weight is 468 g/mol. The highest BCUT2D eigenvalue weighted by Gasteiger charge is 2.21. The van der Waals surface area contributed by atoms with Crippen molar-refractivity contribution in [3.05, 3.63) is 112 Å². The van der Waals surface area contributed by atoms with Crippen LogP contribution in [0.3, 0.4) is 0 Å². The van der Waals surface area contributed by atoms with Crippen molar-refractivity contribution in [1.29, 1.82) is 0 Å². The van der Waals surface area contributed by atoms with Gasteiger partial charge in [0, 0.05) is 21.2 Å². The summed E-state index contributed by atoms with van der Waals surface area (Å²) in [6.07, 6.45) is 2.55. The highest BCUT2D eigenvalue weighted by atomic mass is 35.5. The van der Waals surface area contributed by atoms with Crippen LogP contribution in [0.2, 0.25) is 10.0 Å². The van der Waals surface area contributed by atoms with Crippen molar-refractivity contribution in [3.63, 3.8) is 0 Å². The Labute approximate surface area is 195 Å². The Morgan fingerprint density at radius 3 is 2.53 bits per heavy atom. The highest BCUT2D eigenvalue weighted by molar-refractivity contribution is 6.31. The van der Waals surface area contributed by atoms with Crippen LogP contribution in [-0.4, -0.2) is 27.8 Å². The molecule has 0 aliphatic carbocycles. The molecule has 4 rings (SSSR count). The van der Waals surface area contributed by atoms with Crippen molar-refractivity contribution in [3.8, 4) is 5.75 Å². The number of nitrogens with zero attached hydrogens (tertiary/aromatic N) is 3. The van der Waals surface area contributed by atoms with Crippen LogP contribution >= 0.6 is 23.2 Å². The summed E-state index contributed by atoms with van der Waals surface area (Å²) in [5.74, 6) is 0.143. The molecule has 1 atom stereocenters. The molecule has 0 saturated carbocycles. The van der Waals surface area contributed by atoms with Crippen molar-refractivity contribution < 1.29 is 14.3 Å². The van der Waals surface area contributed by atoms with Gasteiger partial charge in [-0.05, 0) is 42.0 Å². The molecule has 3 aromatic carbocycles. The SMILES string of the molecule is COC(=O)c1ccc(OC(c2ccc(Cl)cc2)c2ccccc2Cl)c(Cn2cncn2)c1. The Hall–Kier alpha value is -3.35. The molecular weight excluding hydrogens is 449 g/mol. The second-order valence-corrected chi connectivity index (χ2v) is 7.82. The monoisotopic (exact) mass is 467 g/mol. The first-order chi connectivity index (χ1) is 15.5. The lowest BCUT2D eigenvalue weighted by atomic mass is 10.0. The van der Waals surface area contributed by atoms with Crippen molar-refractivity contribution in [1.82, 2.24) is 14.8 Å². The third-order valence-corrected chi connectivity index (χ3v) is 5.48. The van der Waals surface area contributed by atoms with Gasteiger partial charge in [-0.25, -0.2) is 14.5 Å². The van der Waals surface area contributed by atoms with Crippen LogP contribution in [0.25, 0.3) is 0 Å². The van der Waals surface area contributed by atoms with E-state index in [1.807, 2.05) is 36.4 Å². The van der Waals surface area contributed by atoms with Gasteiger partial charge in [0.1, 0.15) is 18.4 Å². The van der Waals surface area contributed by atoms with Gasteiger partial charge < -0.3 is 9.47 Å². The third kappa shape index (κ3) is 4.93. The normalized spacial score (nSPS) is 11.7. The number of ether oxygens (including phenoxy) is 2. The fraction of sp³-hybridized carbons (Fsp3) is 0.125. The highest BCUT2D eigenvalue weighted by Crippen LogP contribution is 2.35. The van der Waals surface area contributed by atoms with Gasteiger partial charge in [-0.2, -0.15) is 5.10 Å². The Bertz CT molecular complexity index is 1210. The van der Waals surface area contributed by atoms with Gasteiger partial charge in [0.2, 0.25) is 0 Å². The summed E-state index contributed by atoms with van der Waals surface area (Å²) in [5, 5.41) is 5.37. The van der Waals surface area contributed by atoms with Gasteiger partial charge in [-0.1, -0.05) is 53.5 Å². The first kappa shape index (κ1) is 21.9. The first-order valence-electron chi connectivity index (χ1n) is 9.75.